The van der Waals surface area contributed by atoms with Crippen LogP contribution in [0.3, 0.4) is 0 Å². The summed E-state index contributed by atoms with van der Waals surface area (Å²) in [6, 6.07) is 2.23. The maximum Gasteiger partial charge on any atom is 0.338 e. The van der Waals surface area contributed by atoms with Gasteiger partial charge in [-0.3, -0.25) is 0 Å². The fourth-order valence-corrected chi connectivity index (χ4v) is 3.43. The van der Waals surface area contributed by atoms with Crippen LogP contribution in [-0.4, -0.2) is 30.3 Å². The molecule has 1 aromatic rings. The molecule has 0 aromatic carbocycles. The van der Waals surface area contributed by atoms with Crippen molar-refractivity contribution < 1.29 is 14.6 Å². The number of thiophene rings is 1. The number of hydrogen-bond donors (Lipinski definition) is 2. The molecule has 1 aliphatic rings. The molecule has 1 aliphatic carbocycles. The molecule has 1 aromatic heterocycles. The van der Waals surface area contributed by atoms with Crippen LogP contribution < -0.4 is 5.32 Å². The van der Waals surface area contributed by atoms with Crippen molar-refractivity contribution in [2.45, 2.75) is 38.3 Å². The van der Waals surface area contributed by atoms with E-state index in [1.54, 1.807) is 0 Å². The molecule has 1 atom stereocenters. The Bertz CT molecular complexity index is 418. The van der Waals surface area contributed by atoms with Gasteiger partial charge in [0.05, 0.1) is 7.11 Å². The van der Waals surface area contributed by atoms with Crippen LogP contribution in [0.1, 0.15) is 28.7 Å². The Morgan fingerprint density at radius 1 is 1.61 bits per heavy atom. The van der Waals surface area contributed by atoms with Gasteiger partial charge in [0.2, 0.25) is 0 Å². The van der Waals surface area contributed by atoms with Crippen molar-refractivity contribution in [3.05, 3.63) is 21.4 Å². The number of aliphatic hydroxyl groups is 1. The minimum absolute atomic E-state index is 0.197. The highest BCUT2D eigenvalue weighted by Gasteiger charge is 2.30. The third kappa shape index (κ3) is 2.91. The molecule has 0 bridgehead atoms. The molecule has 18 heavy (non-hydrogen) atoms. The Morgan fingerprint density at radius 2 is 2.39 bits per heavy atom. The molecule has 2 N–H and O–H groups in total. The quantitative estimate of drug-likeness (QED) is 0.790. The predicted molar refractivity (Wildman–Crippen MR) is 70.7 cm³/mol. The molecular formula is C13H19NO3S. The van der Waals surface area contributed by atoms with Crippen LogP contribution in [0.25, 0.3) is 0 Å². The summed E-state index contributed by atoms with van der Waals surface area (Å²) in [7, 11) is 1.28. The van der Waals surface area contributed by atoms with Crippen molar-refractivity contribution in [3.8, 4) is 0 Å². The van der Waals surface area contributed by atoms with Crippen molar-refractivity contribution in [1.29, 1.82) is 0 Å². The van der Waals surface area contributed by atoms with Gasteiger partial charge < -0.3 is 15.2 Å². The van der Waals surface area contributed by atoms with E-state index >= 15 is 0 Å². The number of carbonyl (C=O) groups excluding carboxylic acids is 1. The van der Waals surface area contributed by atoms with Crippen LogP contribution >= 0.6 is 11.3 Å². The monoisotopic (exact) mass is 269 g/mol. The number of rotatable bonds is 5. The molecule has 1 heterocycles. The summed E-state index contributed by atoms with van der Waals surface area (Å²) in [6.07, 6.45) is 3.65. The summed E-state index contributed by atoms with van der Waals surface area (Å²) in [4.78, 5) is 14.0. The Kier molecular flexibility index (Phi) is 4.04. The summed E-state index contributed by atoms with van der Waals surface area (Å²) in [5.74, 6) is -0.608. The van der Waals surface area contributed by atoms with Crippen LogP contribution in [0.5, 0.6) is 0 Å². The molecule has 2 rings (SSSR count). The van der Waals surface area contributed by atoms with E-state index < -0.39 is 11.6 Å². The van der Waals surface area contributed by atoms with E-state index in [1.807, 2.05) is 11.3 Å². The third-order valence-electron chi connectivity index (χ3n) is 3.19. The summed E-state index contributed by atoms with van der Waals surface area (Å²) >= 11 is 1.83. The number of nitrogens with one attached hydrogen (secondary N) is 1. The van der Waals surface area contributed by atoms with Gasteiger partial charge >= 0.3 is 5.97 Å². The number of methoxy groups -OCH3 is 1. The van der Waals surface area contributed by atoms with Crippen LogP contribution in [-0.2, 0) is 28.9 Å². The lowest BCUT2D eigenvalue weighted by molar-refractivity contribution is -0.159. The molecule has 0 spiro atoms. The molecule has 0 fully saturated rings. The number of esters is 1. The van der Waals surface area contributed by atoms with Crippen LogP contribution in [0.4, 0.5) is 0 Å². The maximum atomic E-state index is 11.3. The second kappa shape index (κ2) is 5.38. The molecule has 100 valence electrons. The number of carbonyl (C=O) groups is 1. The first kappa shape index (κ1) is 13.5. The van der Waals surface area contributed by atoms with Gasteiger partial charge in [-0.05, 0) is 37.8 Å². The lowest BCUT2D eigenvalue weighted by Gasteiger charge is -2.20. The van der Waals surface area contributed by atoms with E-state index in [0.717, 1.165) is 0 Å². The van der Waals surface area contributed by atoms with Crippen molar-refractivity contribution in [1.82, 2.24) is 5.32 Å². The molecule has 0 amide bonds. The van der Waals surface area contributed by atoms with Crippen LogP contribution in [0, 0.1) is 0 Å². The second-order valence-electron chi connectivity index (χ2n) is 4.88. The molecule has 0 aliphatic heterocycles. The van der Waals surface area contributed by atoms with Crippen molar-refractivity contribution in [2.24, 2.45) is 0 Å². The lowest BCUT2D eigenvalue weighted by atomic mass is 10.1. The zero-order valence-corrected chi connectivity index (χ0v) is 11.6. The molecule has 0 radical (unpaired) electrons. The van der Waals surface area contributed by atoms with Crippen molar-refractivity contribution in [3.63, 3.8) is 0 Å². The average Bonchev–Trinajstić information content (AvgIpc) is 2.88. The van der Waals surface area contributed by atoms with Gasteiger partial charge in [0.15, 0.2) is 5.60 Å². The van der Waals surface area contributed by atoms with E-state index in [0.29, 0.717) is 6.54 Å². The summed E-state index contributed by atoms with van der Waals surface area (Å²) in [5.41, 5.74) is 0.00545. The first-order valence-electron chi connectivity index (χ1n) is 6.15. The molecule has 5 heteroatoms. The molecule has 0 saturated heterocycles. The number of fused-ring (bicyclic) bond motifs is 1. The fraction of sp³-hybridized carbons (Fsp3) is 0.615. The largest absolute Gasteiger partial charge is 0.467 e. The third-order valence-corrected chi connectivity index (χ3v) is 4.43. The van der Waals surface area contributed by atoms with Gasteiger partial charge in [-0.25, -0.2) is 4.79 Å². The zero-order chi connectivity index (χ0) is 13.2. The minimum Gasteiger partial charge on any atom is -0.467 e. The first-order chi connectivity index (χ1) is 8.53. The SMILES string of the molecule is COC(=O)C(C)(O)CNCc1cc2c(s1)CCC2. The maximum absolute atomic E-state index is 11.3. The average molecular weight is 269 g/mol. The van der Waals surface area contributed by atoms with Crippen molar-refractivity contribution in [2.75, 3.05) is 13.7 Å². The van der Waals surface area contributed by atoms with Gasteiger partial charge in [0, 0.05) is 22.8 Å². The normalized spacial score (nSPS) is 17.3. The highest BCUT2D eigenvalue weighted by Crippen LogP contribution is 2.30. The second-order valence-corrected chi connectivity index (χ2v) is 6.10. The van der Waals surface area contributed by atoms with Crippen LogP contribution in [0.2, 0.25) is 0 Å². The predicted octanol–water partition coefficient (Wildman–Crippen LogP) is 1.25. The topological polar surface area (TPSA) is 58.6 Å². The van der Waals surface area contributed by atoms with Gasteiger partial charge in [-0.1, -0.05) is 0 Å². The van der Waals surface area contributed by atoms with E-state index in [-0.39, 0.29) is 6.54 Å². The summed E-state index contributed by atoms with van der Waals surface area (Å²) in [5, 5.41) is 12.9. The fourth-order valence-electron chi connectivity index (χ4n) is 2.20. The molecule has 1 unspecified atom stereocenters. The van der Waals surface area contributed by atoms with Gasteiger partial charge in [0.1, 0.15) is 0 Å². The standard InChI is InChI=1S/C13H19NO3S/c1-13(16,12(15)17-2)8-14-7-10-6-9-4-3-5-11(9)18-10/h6,14,16H,3-5,7-8H2,1-2H3. The van der Waals surface area contributed by atoms with E-state index in [2.05, 4.69) is 16.1 Å². The van der Waals surface area contributed by atoms with Crippen molar-refractivity contribution >= 4 is 17.3 Å². The van der Waals surface area contributed by atoms with E-state index in [9.17, 15) is 9.90 Å². The minimum atomic E-state index is -1.46. The number of ether oxygens (including phenoxy) is 1. The summed E-state index contributed by atoms with van der Waals surface area (Å²) in [6.45, 7) is 2.34. The molecule has 4 nitrogen and oxygen atoms in total. The highest BCUT2D eigenvalue weighted by molar-refractivity contribution is 7.12. The molecule has 0 saturated carbocycles. The van der Waals surface area contributed by atoms with Crippen LogP contribution in [0.15, 0.2) is 6.07 Å². The van der Waals surface area contributed by atoms with Gasteiger partial charge in [0.25, 0.3) is 0 Å². The lowest BCUT2D eigenvalue weighted by Crippen LogP contribution is -2.45. The van der Waals surface area contributed by atoms with Gasteiger partial charge in [-0.2, -0.15) is 0 Å². The number of hydrogen-bond acceptors (Lipinski definition) is 5. The van der Waals surface area contributed by atoms with E-state index in [4.69, 9.17) is 0 Å². The Labute approximate surface area is 111 Å². The number of aryl methyl sites for hydroxylation is 2. The Morgan fingerprint density at radius 3 is 3.06 bits per heavy atom. The highest BCUT2D eigenvalue weighted by atomic mass is 32.1. The Balaban J connectivity index is 1.83. The zero-order valence-electron chi connectivity index (χ0n) is 10.8. The van der Waals surface area contributed by atoms with E-state index in [1.165, 1.54) is 48.6 Å². The summed E-state index contributed by atoms with van der Waals surface area (Å²) < 4.78 is 4.54. The first-order valence-corrected chi connectivity index (χ1v) is 6.96. The Hall–Kier alpha value is -0.910. The smallest absolute Gasteiger partial charge is 0.338 e. The molecular weight excluding hydrogens is 250 g/mol. The van der Waals surface area contributed by atoms with Gasteiger partial charge in [-0.15, -0.1) is 11.3 Å².